The van der Waals surface area contributed by atoms with E-state index in [1.165, 1.54) is 22.3 Å². The molecule has 0 spiro atoms. The number of nitrogens with two attached hydrogens (primary N) is 1. The second kappa shape index (κ2) is 6.50. The second-order valence-corrected chi connectivity index (χ2v) is 5.19. The zero-order valence-electron chi connectivity index (χ0n) is 11.7. The summed E-state index contributed by atoms with van der Waals surface area (Å²) in [5, 5.41) is 0. The molecule has 2 rings (SSSR count). The Labute approximate surface area is 115 Å². The summed E-state index contributed by atoms with van der Waals surface area (Å²) in [5.74, 6) is 5.71. The Morgan fingerprint density at radius 1 is 1.00 bits per heavy atom. The van der Waals surface area contributed by atoms with Crippen LogP contribution in [-0.2, 0) is 12.8 Å². The fraction of sp³-hybridized carbons (Fsp3) is 0.294. The fourth-order valence-corrected chi connectivity index (χ4v) is 2.42. The maximum atomic E-state index is 5.71. The SMILES string of the molecule is Cc1cccc(CC(Cc2ccccc2C)NN)c1. The van der Waals surface area contributed by atoms with Crippen LogP contribution in [0.3, 0.4) is 0 Å². The number of benzene rings is 2. The third-order valence-electron chi connectivity index (χ3n) is 3.53. The predicted molar refractivity (Wildman–Crippen MR) is 80.9 cm³/mol. The Morgan fingerprint density at radius 3 is 2.47 bits per heavy atom. The van der Waals surface area contributed by atoms with Crippen LogP contribution < -0.4 is 11.3 Å². The molecule has 0 bridgehead atoms. The van der Waals surface area contributed by atoms with E-state index in [2.05, 4.69) is 67.8 Å². The number of hydrazine groups is 1. The van der Waals surface area contributed by atoms with Crippen LogP contribution in [0.1, 0.15) is 22.3 Å². The zero-order valence-corrected chi connectivity index (χ0v) is 11.7. The van der Waals surface area contributed by atoms with Gasteiger partial charge in [0.1, 0.15) is 0 Å². The highest BCUT2D eigenvalue weighted by molar-refractivity contribution is 5.28. The van der Waals surface area contributed by atoms with Crippen molar-refractivity contribution in [2.45, 2.75) is 32.7 Å². The number of hydrogen-bond acceptors (Lipinski definition) is 2. The van der Waals surface area contributed by atoms with E-state index in [0.717, 1.165) is 12.8 Å². The molecule has 0 aliphatic heterocycles. The highest BCUT2D eigenvalue weighted by atomic mass is 15.2. The average Bonchev–Trinajstić information content (AvgIpc) is 2.40. The first-order valence-electron chi connectivity index (χ1n) is 6.75. The van der Waals surface area contributed by atoms with Gasteiger partial charge >= 0.3 is 0 Å². The third-order valence-corrected chi connectivity index (χ3v) is 3.53. The van der Waals surface area contributed by atoms with Crippen LogP contribution in [0.2, 0.25) is 0 Å². The molecular formula is C17H22N2. The molecule has 0 fully saturated rings. The summed E-state index contributed by atoms with van der Waals surface area (Å²) in [7, 11) is 0. The van der Waals surface area contributed by atoms with E-state index in [0.29, 0.717) is 0 Å². The van der Waals surface area contributed by atoms with Crippen LogP contribution in [0.25, 0.3) is 0 Å². The Hall–Kier alpha value is -1.64. The normalized spacial score (nSPS) is 12.4. The Kier molecular flexibility index (Phi) is 4.72. The van der Waals surface area contributed by atoms with Crippen molar-refractivity contribution in [2.75, 3.05) is 0 Å². The molecule has 0 saturated heterocycles. The molecular weight excluding hydrogens is 232 g/mol. The number of aryl methyl sites for hydroxylation is 2. The smallest absolute Gasteiger partial charge is 0.0291 e. The van der Waals surface area contributed by atoms with E-state index in [4.69, 9.17) is 5.84 Å². The highest BCUT2D eigenvalue weighted by Crippen LogP contribution is 2.13. The minimum Gasteiger partial charge on any atom is -0.271 e. The standard InChI is InChI=1S/C17H22N2/c1-13-6-5-8-15(10-13)11-17(19-18)12-16-9-4-3-7-14(16)2/h3-10,17,19H,11-12,18H2,1-2H3. The molecule has 0 aliphatic carbocycles. The summed E-state index contributed by atoms with van der Waals surface area (Å²) in [6.45, 7) is 4.27. The van der Waals surface area contributed by atoms with E-state index in [-0.39, 0.29) is 6.04 Å². The van der Waals surface area contributed by atoms with Crippen molar-refractivity contribution in [1.29, 1.82) is 0 Å². The van der Waals surface area contributed by atoms with Crippen molar-refractivity contribution in [1.82, 2.24) is 5.43 Å². The number of rotatable bonds is 5. The summed E-state index contributed by atoms with van der Waals surface area (Å²) in [6.07, 6.45) is 1.91. The predicted octanol–water partition coefficient (Wildman–Crippen LogP) is 2.92. The molecule has 0 aliphatic rings. The van der Waals surface area contributed by atoms with Gasteiger partial charge in [0, 0.05) is 6.04 Å². The third kappa shape index (κ3) is 3.91. The van der Waals surface area contributed by atoms with Crippen LogP contribution in [0, 0.1) is 13.8 Å². The Morgan fingerprint density at radius 2 is 1.79 bits per heavy atom. The molecule has 2 aromatic rings. The van der Waals surface area contributed by atoms with Gasteiger partial charge in [-0.3, -0.25) is 11.3 Å². The lowest BCUT2D eigenvalue weighted by molar-refractivity contribution is 0.521. The summed E-state index contributed by atoms with van der Waals surface area (Å²) in [5.41, 5.74) is 8.26. The van der Waals surface area contributed by atoms with Crippen molar-refractivity contribution in [3.8, 4) is 0 Å². The molecule has 1 unspecified atom stereocenters. The van der Waals surface area contributed by atoms with E-state index < -0.39 is 0 Å². The molecule has 100 valence electrons. The molecule has 0 saturated carbocycles. The molecule has 2 nitrogen and oxygen atoms in total. The second-order valence-electron chi connectivity index (χ2n) is 5.19. The first kappa shape index (κ1) is 13.8. The van der Waals surface area contributed by atoms with Gasteiger partial charge in [-0.15, -0.1) is 0 Å². The first-order valence-corrected chi connectivity index (χ1v) is 6.75. The fourth-order valence-electron chi connectivity index (χ4n) is 2.42. The van der Waals surface area contributed by atoms with Gasteiger partial charge in [-0.05, 0) is 43.4 Å². The lowest BCUT2D eigenvalue weighted by Crippen LogP contribution is -2.38. The van der Waals surface area contributed by atoms with E-state index >= 15 is 0 Å². The largest absolute Gasteiger partial charge is 0.271 e. The van der Waals surface area contributed by atoms with Crippen molar-refractivity contribution in [2.24, 2.45) is 5.84 Å². The lowest BCUT2D eigenvalue weighted by atomic mass is 9.96. The van der Waals surface area contributed by atoms with E-state index in [1.807, 2.05) is 0 Å². The molecule has 0 aromatic heterocycles. The van der Waals surface area contributed by atoms with Crippen molar-refractivity contribution < 1.29 is 0 Å². The summed E-state index contributed by atoms with van der Waals surface area (Å²) < 4.78 is 0. The van der Waals surface area contributed by atoms with Crippen LogP contribution in [-0.4, -0.2) is 6.04 Å². The van der Waals surface area contributed by atoms with Gasteiger partial charge in [0.15, 0.2) is 0 Å². The van der Waals surface area contributed by atoms with Gasteiger partial charge in [-0.2, -0.15) is 0 Å². The lowest BCUT2D eigenvalue weighted by Gasteiger charge is -2.17. The van der Waals surface area contributed by atoms with Crippen LogP contribution in [0.15, 0.2) is 48.5 Å². The van der Waals surface area contributed by atoms with Gasteiger partial charge in [0.2, 0.25) is 0 Å². The van der Waals surface area contributed by atoms with Gasteiger partial charge in [0.05, 0.1) is 0 Å². The molecule has 2 heteroatoms. The van der Waals surface area contributed by atoms with Crippen LogP contribution in [0.5, 0.6) is 0 Å². The monoisotopic (exact) mass is 254 g/mol. The highest BCUT2D eigenvalue weighted by Gasteiger charge is 2.10. The number of nitrogens with one attached hydrogen (secondary N) is 1. The van der Waals surface area contributed by atoms with E-state index in [9.17, 15) is 0 Å². The van der Waals surface area contributed by atoms with Crippen molar-refractivity contribution in [3.05, 3.63) is 70.8 Å². The summed E-state index contributed by atoms with van der Waals surface area (Å²) >= 11 is 0. The molecule has 3 N–H and O–H groups in total. The Balaban J connectivity index is 2.07. The topological polar surface area (TPSA) is 38.0 Å². The van der Waals surface area contributed by atoms with Gasteiger partial charge < -0.3 is 0 Å². The Bertz CT molecular complexity index is 534. The zero-order chi connectivity index (χ0) is 13.7. The molecule has 0 heterocycles. The van der Waals surface area contributed by atoms with E-state index in [1.54, 1.807) is 0 Å². The van der Waals surface area contributed by atoms with Gasteiger partial charge in [0.25, 0.3) is 0 Å². The minimum absolute atomic E-state index is 0.267. The van der Waals surface area contributed by atoms with Gasteiger partial charge in [-0.25, -0.2) is 0 Å². The summed E-state index contributed by atoms with van der Waals surface area (Å²) in [6, 6.07) is 17.4. The molecule has 19 heavy (non-hydrogen) atoms. The van der Waals surface area contributed by atoms with Crippen molar-refractivity contribution in [3.63, 3.8) is 0 Å². The quantitative estimate of drug-likeness (QED) is 0.636. The van der Waals surface area contributed by atoms with Gasteiger partial charge in [-0.1, -0.05) is 54.1 Å². The van der Waals surface area contributed by atoms with Crippen molar-refractivity contribution >= 4 is 0 Å². The average molecular weight is 254 g/mol. The maximum absolute atomic E-state index is 5.71. The molecule has 0 radical (unpaired) electrons. The molecule has 2 aromatic carbocycles. The summed E-state index contributed by atoms with van der Waals surface area (Å²) in [4.78, 5) is 0. The number of hydrogen-bond donors (Lipinski definition) is 2. The first-order chi connectivity index (χ1) is 9.19. The maximum Gasteiger partial charge on any atom is 0.0291 e. The van der Waals surface area contributed by atoms with Crippen LogP contribution >= 0.6 is 0 Å². The van der Waals surface area contributed by atoms with Crippen LogP contribution in [0.4, 0.5) is 0 Å². The molecule has 1 atom stereocenters. The molecule has 0 amide bonds. The minimum atomic E-state index is 0.267.